The molecule has 106 valence electrons. The molecule has 7 heteroatoms. The summed E-state index contributed by atoms with van der Waals surface area (Å²) in [7, 11) is 0. The Labute approximate surface area is 111 Å². The molecule has 0 aromatic carbocycles. The van der Waals surface area contributed by atoms with E-state index in [0.717, 1.165) is 12.2 Å². The van der Waals surface area contributed by atoms with Crippen LogP contribution < -0.4 is 0 Å². The summed E-state index contributed by atoms with van der Waals surface area (Å²) < 4.78 is 10.4. The highest BCUT2D eigenvalue weighted by Crippen LogP contribution is 2.21. The van der Waals surface area contributed by atoms with E-state index in [0.29, 0.717) is 0 Å². The normalized spacial score (nSPS) is 37.3. The van der Waals surface area contributed by atoms with E-state index in [1.165, 1.54) is 0 Å². The second kappa shape index (κ2) is 8.11. The highest BCUT2D eigenvalue weighted by Gasteiger charge is 2.43. The SMILES string of the molecule is OCC1O[C@H](OC/C=C/CCS)C(O)[C@@H](O)[C@H]1O. The van der Waals surface area contributed by atoms with E-state index in [-0.39, 0.29) is 6.61 Å². The minimum absolute atomic E-state index is 0.205. The summed E-state index contributed by atoms with van der Waals surface area (Å²) in [6, 6.07) is 0. The maximum atomic E-state index is 9.65. The highest BCUT2D eigenvalue weighted by atomic mass is 32.1. The molecule has 0 aromatic heterocycles. The van der Waals surface area contributed by atoms with Gasteiger partial charge in [-0.2, -0.15) is 12.6 Å². The van der Waals surface area contributed by atoms with Gasteiger partial charge in [0.1, 0.15) is 24.4 Å². The minimum atomic E-state index is -1.40. The zero-order valence-electron chi connectivity index (χ0n) is 9.92. The van der Waals surface area contributed by atoms with Crippen LogP contribution in [0.15, 0.2) is 12.2 Å². The summed E-state index contributed by atoms with van der Waals surface area (Å²) in [5.41, 5.74) is 0. The first-order valence-electron chi connectivity index (χ1n) is 5.79. The third kappa shape index (κ3) is 4.20. The Kier molecular flexibility index (Phi) is 7.16. The number of aliphatic hydroxyl groups is 4. The molecule has 1 saturated heterocycles. The van der Waals surface area contributed by atoms with Crippen molar-refractivity contribution in [3.8, 4) is 0 Å². The molecule has 1 aliphatic rings. The molecule has 4 N–H and O–H groups in total. The van der Waals surface area contributed by atoms with Gasteiger partial charge >= 0.3 is 0 Å². The van der Waals surface area contributed by atoms with Crippen LogP contribution in [-0.2, 0) is 9.47 Å². The van der Waals surface area contributed by atoms with Gasteiger partial charge in [0, 0.05) is 0 Å². The Balaban J connectivity index is 2.44. The van der Waals surface area contributed by atoms with Gasteiger partial charge in [0.15, 0.2) is 6.29 Å². The second-order valence-electron chi connectivity index (χ2n) is 4.01. The van der Waals surface area contributed by atoms with Crippen molar-refractivity contribution < 1.29 is 29.9 Å². The molecule has 18 heavy (non-hydrogen) atoms. The van der Waals surface area contributed by atoms with E-state index >= 15 is 0 Å². The largest absolute Gasteiger partial charge is 0.394 e. The first kappa shape index (κ1) is 15.9. The first-order valence-corrected chi connectivity index (χ1v) is 6.43. The lowest BCUT2D eigenvalue weighted by Crippen LogP contribution is -2.59. The smallest absolute Gasteiger partial charge is 0.187 e. The van der Waals surface area contributed by atoms with Crippen LogP contribution >= 0.6 is 12.6 Å². The van der Waals surface area contributed by atoms with E-state index in [9.17, 15) is 15.3 Å². The summed E-state index contributed by atoms with van der Waals surface area (Å²) >= 11 is 4.04. The summed E-state index contributed by atoms with van der Waals surface area (Å²) in [6.07, 6.45) is -1.68. The van der Waals surface area contributed by atoms with Crippen molar-refractivity contribution in [3.05, 3.63) is 12.2 Å². The Morgan fingerprint density at radius 2 is 1.83 bits per heavy atom. The molecule has 1 heterocycles. The third-order valence-electron chi connectivity index (χ3n) is 2.67. The van der Waals surface area contributed by atoms with Crippen LogP contribution in [0, 0.1) is 0 Å². The van der Waals surface area contributed by atoms with Gasteiger partial charge in [0.25, 0.3) is 0 Å². The van der Waals surface area contributed by atoms with Crippen LogP contribution in [0.5, 0.6) is 0 Å². The molecule has 0 aliphatic carbocycles. The number of thiol groups is 1. The van der Waals surface area contributed by atoms with Gasteiger partial charge in [-0.15, -0.1) is 0 Å². The van der Waals surface area contributed by atoms with Crippen molar-refractivity contribution in [1.82, 2.24) is 0 Å². The van der Waals surface area contributed by atoms with Gasteiger partial charge in [-0.25, -0.2) is 0 Å². The van der Waals surface area contributed by atoms with Crippen molar-refractivity contribution in [2.45, 2.75) is 37.1 Å². The molecule has 5 atom stereocenters. The lowest BCUT2D eigenvalue weighted by Gasteiger charge is -2.39. The lowest BCUT2D eigenvalue weighted by atomic mass is 9.99. The summed E-state index contributed by atoms with van der Waals surface area (Å²) in [5, 5.41) is 37.7. The highest BCUT2D eigenvalue weighted by molar-refractivity contribution is 7.80. The number of allylic oxidation sites excluding steroid dienone is 1. The maximum absolute atomic E-state index is 9.65. The minimum Gasteiger partial charge on any atom is -0.394 e. The average molecular weight is 280 g/mol. The molecule has 1 aliphatic heterocycles. The van der Waals surface area contributed by atoms with Crippen LogP contribution in [0.4, 0.5) is 0 Å². The fourth-order valence-electron chi connectivity index (χ4n) is 1.62. The first-order chi connectivity index (χ1) is 8.61. The molecule has 1 fully saturated rings. The summed E-state index contributed by atoms with van der Waals surface area (Å²) in [6.45, 7) is -0.253. The van der Waals surface area contributed by atoms with E-state index in [2.05, 4.69) is 12.6 Å². The summed E-state index contributed by atoms with van der Waals surface area (Å²) in [4.78, 5) is 0. The molecule has 0 spiro atoms. The van der Waals surface area contributed by atoms with Crippen molar-refractivity contribution in [1.29, 1.82) is 0 Å². The second-order valence-corrected chi connectivity index (χ2v) is 4.46. The van der Waals surface area contributed by atoms with Gasteiger partial charge in [0.05, 0.1) is 13.2 Å². The van der Waals surface area contributed by atoms with Crippen LogP contribution in [0.1, 0.15) is 6.42 Å². The number of hydrogen-bond donors (Lipinski definition) is 5. The lowest BCUT2D eigenvalue weighted by molar-refractivity contribution is -0.298. The van der Waals surface area contributed by atoms with Crippen LogP contribution in [-0.4, -0.2) is 70.1 Å². The van der Waals surface area contributed by atoms with Gasteiger partial charge in [-0.05, 0) is 12.2 Å². The molecular weight excluding hydrogens is 260 g/mol. The molecule has 0 saturated carbocycles. The molecule has 0 amide bonds. The number of ether oxygens (including phenoxy) is 2. The summed E-state index contributed by atoms with van der Waals surface area (Å²) in [5.74, 6) is 0.733. The Hall–Kier alpha value is -0.150. The molecular formula is C11H20O6S. The zero-order chi connectivity index (χ0) is 13.5. The van der Waals surface area contributed by atoms with Crippen molar-refractivity contribution in [2.24, 2.45) is 0 Å². The van der Waals surface area contributed by atoms with Gasteiger partial charge in [-0.1, -0.05) is 12.2 Å². The molecule has 0 bridgehead atoms. The Morgan fingerprint density at radius 3 is 2.44 bits per heavy atom. The van der Waals surface area contributed by atoms with Crippen molar-refractivity contribution in [2.75, 3.05) is 19.0 Å². The van der Waals surface area contributed by atoms with E-state index < -0.39 is 37.3 Å². The standard InChI is InChI=1S/C11H20O6S/c12-6-7-8(13)9(14)10(15)11(17-7)16-4-2-1-3-5-18/h1-2,7-15,18H,3-6H2/b2-1+/t7?,8-,9-,10?,11-/m0/s1. The zero-order valence-corrected chi connectivity index (χ0v) is 10.8. The number of aliphatic hydroxyl groups excluding tert-OH is 4. The fraction of sp³-hybridized carbons (Fsp3) is 0.818. The third-order valence-corrected chi connectivity index (χ3v) is 2.93. The van der Waals surface area contributed by atoms with E-state index in [1.807, 2.05) is 6.08 Å². The average Bonchev–Trinajstić information content (AvgIpc) is 2.38. The Bertz CT molecular complexity index is 260. The van der Waals surface area contributed by atoms with E-state index in [1.54, 1.807) is 6.08 Å². The Morgan fingerprint density at radius 1 is 1.11 bits per heavy atom. The number of hydrogen-bond acceptors (Lipinski definition) is 7. The molecule has 6 nitrogen and oxygen atoms in total. The topological polar surface area (TPSA) is 99.4 Å². The number of rotatable bonds is 6. The van der Waals surface area contributed by atoms with Gasteiger partial charge in [-0.3, -0.25) is 0 Å². The van der Waals surface area contributed by atoms with Crippen LogP contribution in [0.25, 0.3) is 0 Å². The van der Waals surface area contributed by atoms with Crippen LogP contribution in [0.2, 0.25) is 0 Å². The van der Waals surface area contributed by atoms with Gasteiger partial charge < -0.3 is 29.9 Å². The molecule has 2 unspecified atom stereocenters. The quantitative estimate of drug-likeness (QED) is 0.306. The van der Waals surface area contributed by atoms with Gasteiger partial charge in [0.2, 0.25) is 0 Å². The van der Waals surface area contributed by atoms with Crippen molar-refractivity contribution in [3.63, 3.8) is 0 Å². The molecule has 1 rings (SSSR count). The van der Waals surface area contributed by atoms with E-state index in [4.69, 9.17) is 14.6 Å². The monoisotopic (exact) mass is 280 g/mol. The van der Waals surface area contributed by atoms with Crippen molar-refractivity contribution >= 4 is 12.6 Å². The molecule has 0 aromatic rings. The predicted octanol–water partition coefficient (Wildman–Crippen LogP) is -1.32. The molecule has 0 radical (unpaired) electrons. The maximum Gasteiger partial charge on any atom is 0.187 e. The van der Waals surface area contributed by atoms with Crippen LogP contribution in [0.3, 0.4) is 0 Å². The predicted molar refractivity (Wildman–Crippen MR) is 67.3 cm³/mol. The fourth-order valence-corrected chi connectivity index (χ4v) is 1.77.